The normalized spacial score (nSPS) is 12.9. The number of carbonyl (C=O) groups excluding carboxylic acids is 3. The van der Waals surface area contributed by atoms with E-state index in [0.29, 0.717) is 0 Å². The Kier molecular flexibility index (Phi) is 7.95. The Morgan fingerprint density at radius 2 is 1.80 bits per heavy atom. The van der Waals surface area contributed by atoms with Crippen LogP contribution < -0.4 is 5.32 Å². The monoisotopic (exact) mass is 289 g/mol. The van der Waals surface area contributed by atoms with E-state index in [4.69, 9.17) is 9.84 Å². The van der Waals surface area contributed by atoms with Crippen molar-refractivity contribution in [3.63, 3.8) is 0 Å². The van der Waals surface area contributed by atoms with Gasteiger partial charge in [-0.2, -0.15) is 0 Å². The minimum absolute atomic E-state index is 0.111. The van der Waals surface area contributed by atoms with Crippen molar-refractivity contribution >= 4 is 23.8 Å². The number of carboxylic acids is 1. The molecular formula is C12H19NO7. The first-order valence-electron chi connectivity index (χ1n) is 6.10. The molecular weight excluding hydrogens is 270 g/mol. The van der Waals surface area contributed by atoms with Crippen molar-refractivity contribution in [3.05, 3.63) is 0 Å². The molecule has 0 radical (unpaired) electrons. The molecule has 0 aliphatic rings. The predicted octanol–water partition coefficient (Wildman–Crippen LogP) is -0.292. The predicted molar refractivity (Wildman–Crippen MR) is 66.6 cm³/mol. The highest BCUT2D eigenvalue weighted by molar-refractivity contribution is 5.85. The third kappa shape index (κ3) is 7.34. The number of rotatable bonds is 8. The van der Waals surface area contributed by atoms with E-state index in [0.717, 1.165) is 6.92 Å². The van der Waals surface area contributed by atoms with Gasteiger partial charge in [0.2, 0.25) is 0 Å². The van der Waals surface area contributed by atoms with Gasteiger partial charge in [0.25, 0.3) is 5.91 Å². The highest BCUT2D eigenvalue weighted by Gasteiger charge is 2.26. The summed E-state index contributed by atoms with van der Waals surface area (Å²) < 4.78 is 9.19. The lowest BCUT2D eigenvalue weighted by Crippen LogP contribution is -2.44. The second kappa shape index (κ2) is 8.89. The molecule has 2 atom stereocenters. The zero-order valence-electron chi connectivity index (χ0n) is 11.7. The van der Waals surface area contributed by atoms with Crippen LogP contribution in [0.4, 0.5) is 0 Å². The molecule has 0 rings (SSSR count). The molecule has 0 fully saturated rings. The van der Waals surface area contributed by atoms with Gasteiger partial charge in [0.1, 0.15) is 6.04 Å². The van der Waals surface area contributed by atoms with Crippen LogP contribution in [0.1, 0.15) is 27.2 Å². The molecule has 8 nitrogen and oxygen atoms in total. The molecule has 0 heterocycles. The van der Waals surface area contributed by atoms with Gasteiger partial charge < -0.3 is 19.9 Å². The minimum atomic E-state index is -1.28. The van der Waals surface area contributed by atoms with Crippen molar-refractivity contribution in [2.45, 2.75) is 33.2 Å². The first kappa shape index (κ1) is 17.9. The van der Waals surface area contributed by atoms with Gasteiger partial charge in [0.15, 0.2) is 6.61 Å². The molecule has 0 bridgehead atoms. The molecule has 0 aromatic heterocycles. The molecule has 0 aromatic rings. The lowest BCUT2D eigenvalue weighted by Gasteiger charge is -2.17. The highest BCUT2D eigenvalue weighted by Crippen LogP contribution is 2.09. The molecule has 0 unspecified atom stereocenters. The minimum Gasteiger partial charge on any atom is -0.480 e. The van der Waals surface area contributed by atoms with E-state index in [2.05, 4.69) is 10.1 Å². The molecule has 8 heteroatoms. The number of carbonyl (C=O) groups is 4. The van der Waals surface area contributed by atoms with Crippen LogP contribution in [0.3, 0.4) is 0 Å². The Labute approximate surface area is 116 Å². The third-order valence-electron chi connectivity index (χ3n) is 2.32. The molecule has 114 valence electrons. The number of esters is 2. The maximum Gasteiger partial charge on any atom is 0.326 e. The summed E-state index contributed by atoms with van der Waals surface area (Å²) >= 11 is 0. The Hall–Kier alpha value is -2.12. The summed E-state index contributed by atoms with van der Waals surface area (Å²) in [6.45, 7) is 3.91. The molecule has 0 saturated heterocycles. The van der Waals surface area contributed by atoms with Gasteiger partial charge in [-0.15, -0.1) is 0 Å². The Balaban J connectivity index is 4.43. The van der Waals surface area contributed by atoms with Crippen molar-refractivity contribution in [3.8, 4) is 0 Å². The van der Waals surface area contributed by atoms with Gasteiger partial charge in [-0.05, 0) is 13.3 Å². The number of nitrogens with one attached hydrogen (secondary N) is 1. The lowest BCUT2D eigenvalue weighted by molar-refractivity contribution is -0.150. The van der Waals surface area contributed by atoms with Crippen LogP contribution in [0, 0.1) is 5.92 Å². The van der Waals surface area contributed by atoms with Gasteiger partial charge >= 0.3 is 17.9 Å². The van der Waals surface area contributed by atoms with E-state index < -0.39 is 42.4 Å². The fourth-order valence-corrected chi connectivity index (χ4v) is 1.36. The van der Waals surface area contributed by atoms with Crippen LogP contribution in [-0.2, 0) is 28.7 Å². The summed E-state index contributed by atoms with van der Waals surface area (Å²) in [7, 11) is 0. The van der Waals surface area contributed by atoms with Crippen LogP contribution in [-0.4, -0.2) is 48.2 Å². The third-order valence-corrected chi connectivity index (χ3v) is 2.32. The maximum absolute atomic E-state index is 11.4. The Morgan fingerprint density at radius 3 is 2.25 bits per heavy atom. The van der Waals surface area contributed by atoms with Crippen LogP contribution in [0.25, 0.3) is 0 Å². The lowest BCUT2D eigenvalue weighted by atomic mass is 10.0. The summed E-state index contributed by atoms with van der Waals surface area (Å²) in [6.07, 6.45) is -0.111. The average Bonchev–Trinajstić information content (AvgIpc) is 2.35. The van der Waals surface area contributed by atoms with Crippen LogP contribution in [0.2, 0.25) is 0 Å². The summed E-state index contributed by atoms with van der Waals surface area (Å²) in [4.78, 5) is 44.3. The maximum atomic E-state index is 11.4. The molecule has 0 aromatic carbocycles. The van der Waals surface area contributed by atoms with E-state index in [-0.39, 0.29) is 13.0 Å². The van der Waals surface area contributed by atoms with Crippen LogP contribution >= 0.6 is 0 Å². The second-order valence-electron chi connectivity index (χ2n) is 4.13. The molecule has 0 aliphatic heterocycles. The number of ether oxygens (including phenoxy) is 2. The highest BCUT2D eigenvalue weighted by atomic mass is 16.5. The molecule has 20 heavy (non-hydrogen) atoms. The molecule has 0 saturated carbocycles. The molecule has 0 aliphatic carbocycles. The van der Waals surface area contributed by atoms with Gasteiger partial charge in [0.05, 0.1) is 12.5 Å². The van der Waals surface area contributed by atoms with Crippen molar-refractivity contribution in [2.75, 3.05) is 13.2 Å². The summed E-state index contributed by atoms with van der Waals surface area (Å²) in [5, 5.41) is 11.2. The number of hydrogen-bond donors (Lipinski definition) is 2. The SMILES string of the molecule is CCOC(=O)[C@H](C)C[C@H](NC(=O)COC(C)=O)C(=O)O. The van der Waals surface area contributed by atoms with E-state index in [9.17, 15) is 19.2 Å². The number of amides is 1. The molecule has 1 amide bonds. The first-order chi connectivity index (χ1) is 9.27. The van der Waals surface area contributed by atoms with Gasteiger partial charge in [-0.1, -0.05) is 6.92 Å². The van der Waals surface area contributed by atoms with Gasteiger partial charge in [-0.3, -0.25) is 14.4 Å². The average molecular weight is 289 g/mol. The topological polar surface area (TPSA) is 119 Å². The largest absolute Gasteiger partial charge is 0.480 e. The van der Waals surface area contributed by atoms with Crippen molar-refractivity contribution < 1.29 is 33.8 Å². The Bertz CT molecular complexity index is 380. The van der Waals surface area contributed by atoms with Crippen LogP contribution in [0.5, 0.6) is 0 Å². The standard InChI is InChI=1S/C12H19NO7/c1-4-19-12(18)7(2)5-9(11(16)17)13-10(15)6-20-8(3)14/h7,9H,4-6H2,1-3H3,(H,13,15)(H,16,17)/t7-,9+/m1/s1. The van der Waals surface area contributed by atoms with E-state index >= 15 is 0 Å². The van der Waals surface area contributed by atoms with Crippen molar-refractivity contribution in [2.24, 2.45) is 5.92 Å². The van der Waals surface area contributed by atoms with Crippen molar-refractivity contribution in [1.29, 1.82) is 0 Å². The number of hydrogen-bond acceptors (Lipinski definition) is 6. The summed E-state index contributed by atoms with van der Waals surface area (Å²) in [5.41, 5.74) is 0. The summed E-state index contributed by atoms with van der Waals surface area (Å²) in [5.74, 6) is -3.88. The van der Waals surface area contributed by atoms with Crippen molar-refractivity contribution in [1.82, 2.24) is 5.32 Å². The number of carboxylic acid groups (broad SMARTS) is 1. The quantitative estimate of drug-likeness (QED) is 0.589. The van der Waals surface area contributed by atoms with E-state index in [1.54, 1.807) is 6.92 Å². The fourth-order valence-electron chi connectivity index (χ4n) is 1.36. The summed E-state index contributed by atoms with van der Waals surface area (Å²) in [6, 6.07) is -1.25. The Morgan fingerprint density at radius 1 is 1.20 bits per heavy atom. The van der Waals surface area contributed by atoms with Gasteiger partial charge in [-0.25, -0.2) is 4.79 Å². The fraction of sp³-hybridized carbons (Fsp3) is 0.667. The molecule has 2 N–H and O–H groups in total. The van der Waals surface area contributed by atoms with Crippen LogP contribution in [0.15, 0.2) is 0 Å². The molecule has 0 spiro atoms. The second-order valence-corrected chi connectivity index (χ2v) is 4.13. The number of aliphatic carboxylic acids is 1. The zero-order chi connectivity index (χ0) is 15.7. The zero-order valence-corrected chi connectivity index (χ0v) is 11.7. The van der Waals surface area contributed by atoms with E-state index in [1.165, 1.54) is 6.92 Å². The smallest absolute Gasteiger partial charge is 0.326 e. The van der Waals surface area contributed by atoms with E-state index in [1.807, 2.05) is 0 Å². The first-order valence-corrected chi connectivity index (χ1v) is 6.10. The van der Waals surface area contributed by atoms with Gasteiger partial charge in [0, 0.05) is 6.92 Å².